The zero-order valence-corrected chi connectivity index (χ0v) is 18.7. The van der Waals surface area contributed by atoms with E-state index in [4.69, 9.17) is 23.2 Å². The van der Waals surface area contributed by atoms with Gasteiger partial charge in [-0.25, -0.2) is 0 Å². The third-order valence-electron chi connectivity index (χ3n) is 4.88. The second-order valence-electron chi connectivity index (χ2n) is 6.96. The summed E-state index contributed by atoms with van der Waals surface area (Å²) >= 11 is 11.5. The van der Waals surface area contributed by atoms with E-state index in [1.165, 1.54) is 19.3 Å². The van der Waals surface area contributed by atoms with Crippen LogP contribution in [-0.4, -0.2) is 38.9 Å². The molecule has 1 aliphatic rings. The van der Waals surface area contributed by atoms with E-state index in [1.54, 1.807) is 16.8 Å². The minimum absolute atomic E-state index is 0.396. The Hall–Kier alpha value is -1.36. The van der Waals surface area contributed by atoms with E-state index >= 15 is 0 Å². The summed E-state index contributed by atoms with van der Waals surface area (Å²) in [5.41, 5.74) is 3.27. The molecule has 2 heterocycles. The minimum Gasteiger partial charge on any atom is -0.292 e. The molecule has 0 radical (unpaired) electrons. The first kappa shape index (κ1) is 21.4. The first-order chi connectivity index (χ1) is 13.4. The zero-order chi connectivity index (χ0) is 20.3. The van der Waals surface area contributed by atoms with Crippen LogP contribution in [0.25, 0.3) is 0 Å². The fourth-order valence-corrected chi connectivity index (χ4v) is 5.26. The Morgan fingerprint density at radius 1 is 1.18 bits per heavy atom. The number of piperidine rings is 1. The lowest BCUT2D eigenvalue weighted by atomic mass is 10.1. The Labute approximate surface area is 179 Å². The summed E-state index contributed by atoms with van der Waals surface area (Å²) in [6.45, 7) is 6.80. The molecule has 1 aromatic carbocycles. The van der Waals surface area contributed by atoms with Crippen LogP contribution in [0.5, 0.6) is 0 Å². The van der Waals surface area contributed by atoms with Gasteiger partial charge in [0.25, 0.3) is 4.90 Å². The van der Waals surface area contributed by atoms with Gasteiger partial charge in [0.2, 0.25) is 0 Å². The lowest BCUT2D eigenvalue weighted by molar-refractivity contribution is 0.255. The van der Waals surface area contributed by atoms with Crippen LogP contribution < -0.4 is 4.72 Å². The highest BCUT2D eigenvalue weighted by Gasteiger charge is 2.31. The molecule has 2 N–H and O–H groups in total. The molecular formula is C20H25Cl2N4OS+. The zero-order valence-electron chi connectivity index (χ0n) is 16.4. The van der Waals surface area contributed by atoms with Crippen molar-refractivity contribution in [3.63, 3.8) is 0 Å². The Balaban J connectivity index is 1.74. The van der Waals surface area contributed by atoms with Crippen LogP contribution in [0, 0.1) is 25.7 Å². The fourth-order valence-electron chi connectivity index (χ4n) is 3.26. The normalized spacial score (nSPS) is 15.8. The molecule has 2 aromatic rings. The summed E-state index contributed by atoms with van der Waals surface area (Å²) in [7, 11) is 1.86. The lowest BCUT2D eigenvalue weighted by Gasteiger charge is -2.23. The molecule has 8 heteroatoms. The standard InChI is InChI=1S/C20H25Cl2N4OS/c1-14-19(15(2)25(3)23-14)24-28(27)20-17(21)12-16(13-18(20)22)8-7-11-26-9-5-4-6-10-26/h12-13,24,27H,4-6,9-11H2,1-3H3/q+1. The average molecular weight is 440 g/mol. The van der Waals surface area contributed by atoms with Crippen LogP contribution in [0.15, 0.2) is 17.0 Å². The van der Waals surface area contributed by atoms with Gasteiger partial charge in [-0.1, -0.05) is 41.5 Å². The minimum atomic E-state index is -1.36. The van der Waals surface area contributed by atoms with Crippen LogP contribution >= 0.6 is 23.2 Å². The fraction of sp³-hybridized carbons (Fsp3) is 0.450. The van der Waals surface area contributed by atoms with Gasteiger partial charge < -0.3 is 0 Å². The summed E-state index contributed by atoms with van der Waals surface area (Å²) in [5.74, 6) is 6.34. The van der Waals surface area contributed by atoms with Crippen molar-refractivity contribution in [2.24, 2.45) is 7.05 Å². The van der Waals surface area contributed by atoms with Crippen molar-refractivity contribution in [2.75, 3.05) is 24.4 Å². The predicted molar refractivity (Wildman–Crippen MR) is 118 cm³/mol. The Morgan fingerprint density at radius 2 is 1.82 bits per heavy atom. The molecule has 0 saturated carbocycles. The highest BCUT2D eigenvalue weighted by Crippen LogP contribution is 2.33. The molecule has 3 rings (SSSR count). The largest absolute Gasteiger partial charge is 0.306 e. The SMILES string of the molecule is Cc1nn(C)c(C)c1N[S+](O)c1c(Cl)cc(C#CCN2CCCCC2)cc1Cl. The van der Waals surface area contributed by atoms with Crippen LogP contribution in [0.3, 0.4) is 0 Å². The van der Waals surface area contributed by atoms with Gasteiger partial charge in [-0.3, -0.25) is 9.58 Å². The number of nitrogens with zero attached hydrogens (tertiary/aromatic N) is 3. The van der Waals surface area contributed by atoms with Gasteiger partial charge in [0.15, 0.2) is 0 Å². The Morgan fingerprint density at radius 3 is 2.39 bits per heavy atom. The van der Waals surface area contributed by atoms with E-state index in [1.807, 2.05) is 20.9 Å². The molecule has 28 heavy (non-hydrogen) atoms. The maximum atomic E-state index is 10.7. The Kier molecular flexibility index (Phi) is 7.19. The maximum absolute atomic E-state index is 10.7. The molecule has 5 nitrogen and oxygen atoms in total. The summed E-state index contributed by atoms with van der Waals surface area (Å²) in [6.07, 6.45) is 3.80. The monoisotopic (exact) mass is 439 g/mol. The van der Waals surface area contributed by atoms with Crippen molar-refractivity contribution in [1.82, 2.24) is 14.7 Å². The third kappa shape index (κ3) is 4.97. The molecule has 1 unspecified atom stereocenters. The number of aromatic nitrogens is 2. The van der Waals surface area contributed by atoms with Crippen LogP contribution in [0.1, 0.15) is 36.2 Å². The number of hydrogen-bond donors (Lipinski definition) is 2. The molecule has 0 amide bonds. The molecule has 0 spiro atoms. The van der Waals surface area contributed by atoms with Crippen LogP contribution in [-0.2, 0) is 18.4 Å². The summed E-state index contributed by atoms with van der Waals surface area (Å²) in [5, 5.41) is 5.14. The van der Waals surface area contributed by atoms with E-state index in [2.05, 4.69) is 26.6 Å². The van der Waals surface area contributed by atoms with Crippen molar-refractivity contribution in [3.05, 3.63) is 39.1 Å². The van der Waals surface area contributed by atoms with Gasteiger partial charge in [-0.2, -0.15) is 14.4 Å². The molecule has 1 saturated heterocycles. The number of halogens is 2. The molecule has 1 aliphatic heterocycles. The number of anilines is 1. The van der Waals surface area contributed by atoms with E-state index < -0.39 is 11.4 Å². The van der Waals surface area contributed by atoms with E-state index in [0.29, 0.717) is 14.9 Å². The first-order valence-corrected chi connectivity index (χ1v) is 11.2. The molecule has 1 atom stereocenters. The number of hydrogen-bond acceptors (Lipinski definition) is 4. The number of aryl methyl sites for hydroxylation is 2. The first-order valence-electron chi connectivity index (χ1n) is 9.27. The van der Waals surface area contributed by atoms with E-state index in [9.17, 15) is 4.55 Å². The average Bonchev–Trinajstić information content (AvgIpc) is 2.88. The number of rotatable bonds is 4. The molecule has 0 aliphatic carbocycles. The van der Waals surface area contributed by atoms with Gasteiger partial charge in [-0.15, -0.1) is 0 Å². The van der Waals surface area contributed by atoms with E-state index in [-0.39, 0.29) is 0 Å². The van der Waals surface area contributed by atoms with E-state index in [0.717, 1.165) is 42.3 Å². The number of likely N-dealkylation sites (tertiary alicyclic amines) is 1. The van der Waals surface area contributed by atoms with Crippen LogP contribution in [0.4, 0.5) is 5.69 Å². The second-order valence-corrected chi connectivity index (χ2v) is 8.96. The summed E-state index contributed by atoms with van der Waals surface area (Å²) < 4.78 is 15.6. The molecular weight excluding hydrogens is 415 g/mol. The second kappa shape index (κ2) is 9.43. The van der Waals surface area contributed by atoms with Crippen molar-refractivity contribution in [3.8, 4) is 11.8 Å². The third-order valence-corrected chi connectivity index (χ3v) is 6.93. The van der Waals surface area contributed by atoms with Crippen molar-refractivity contribution < 1.29 is 4.55 Å². The van der Waals surface area contributed by atoms with Gasteiger partial charge in [0.1, 0.15) is 15.7 Å². The van der Waals surface area contributed by atoms with Gasteiger partial charge in [0.05, 0.1) is 17.9 Å². The van der Waals surface area contributed by atoms with Crippen molar-refractivity contribution in [2.45, 2.75) is 38.0 Å². The highest BCUT2D eigenvalue weighted by atomic mass is 35.5. The number of nitrogens with one attached hydrogen (secondary N) is 1. The smallest absolute Gasteiger partial charge is 0.292 e. The quantitative estimate of drug-likeness (QED) is 0.537. The molecule has 1 fully saturated rings. The molecule has 150 valence electrons. The topological polar surface area (TPSA) is 53.3 Å². The maximum Gasteiger partial charge on any atom is 0.306 e. The van der Waals surface area contributed by atoms with Crippen molar-refractivity contribution >= 4 is 40.3 Å². The summed E-state index contributed by atoms with van der Waals surface area (Å²) in [6, 6.07) is 3.51. The van der Waals surface area contributed by atoms with Gasteiger partial charge >= 0.3 is 11.4 Å². The highest BCUT2D eigenvalue weighted by molar-refractivity contribution is 7.93. The molecule has 0 bridgehead atoms. The Bertz CT molecular complexity index is 890. The van der Waals surface area contributed by atoms with Crippen LogP contribution in [0.2, 0.25) is 10.0 Å². The van der Waals surface area contributed by atoms with Crippen molar-refractivity contribution in [1.29, 1.82) is 0 Å². The summed E-state index contributed by atoms with van der Waals surface area (Å²) in [4.78, 5) is 2.83. The lowest BCUT2D eigenvalue weighted by Crippen LogP contribution is -2.29. The van der Waals surface area contributed by atoms with Gasteiger partial charge in [-0.05, 0) is 51.9 Å². The predicted octanol–water partition coefficient (Wildman–Crippen LogP) is 4.66. The number of benzene rings is 1. The molecule has 1 aromatic heterocycles. The van der Waals surface area contributed by atoms with Gasteiger partial charge in [0, 0.05) is 12.6 Å².